The van der Waals surface area contributed by atoms with Gasteiger partial charge in [0, 0.05) is 6.54 Å². The van der Waals surface area contributed by atoms with E-state index in [4.69, 9.17) is 9.84 Å². The molecule has 0 aliphatic carbocycles. The fraction of sp³-hybridized carbons (Fsp3) is 0.600. The molecular weight excluding hydrogens is 154 g/mol. The van der Waals surface area contributed by atoms with Crippen LogP contribution in [0.4, 0.5) is 0 Å². The van der Waals surface area contributed by atoms with Crippen molar-refractivity contribution < 1.29 is 14.6 Å². The Morgan fingerprint density at radius 2 is 2.60 bits per heavy atom. The van der Waals surface area contributed by atoms with Crippen LogP contribution in [-0.2, 0) is 9.53 Å². The molecule has 4 nitrogen and oxygen atoms in total. The molecule has 5 heteroatoms. The molecule has 0 amide bonds. The van der Waals surface area contributed by atoms with Gasteiger partial charge < -0.3 is 15.2 Å². The maximum Gasteiger partial charge on any atom is 0.339 e. The smallest absolute Gasteiger partial charge is 0.339 e. The number of hydrogen-bond acceptors (Lipinski definition) is 3. The third kappa shape index (κ3) is 1.43. The molecule has 1 aliphatic heterocycles. The molecule has 56 valence electrons. The van der Waals surface area contributed by atoms with Crippen molar-refractivity contribution in [3.05, 3.63) is 0 Å². The number of rotatable bonds is 1. The SMILES string of the molecule is O=C(O)[C@@H]1OCCNC1=S. The molecular formula is C5H7NO3S. The lowest BCUT2D eigenvalue weighted by atomic mass is 10.3. The molecule has 2 N–H and O–H groups in total. The van der Waals surface area contributed by atoms with Gasteiger partial charge in [-0.2, -0.15) is 0 Å². The van der Waals surface area contributed by atoms with E-state index in [-0.39, 0.29) is 4.99 Å². The van der Waals surface area contributed by atoms with Gasteiger partial charge in [-0.25, -0.2) is 4.79 Å². The van der Waals surface area contributed by atoms with Crippen molar-refractivity contribution in [3.8, 4) is 0 Å². The van der Waals surface area contributed by atoms with E-state index in [1.165, 1.54) is 0 Å². The summed E-state index contributed by atoms with van der Waals surface area (Å²) in [5, 5.41) is 11.2. The minimum Gasteiger partial charge on any atom is -0.479 e. The van der Waals surface area contributed by atoms with Gasteiger partial charge in [-0.15, -0.1) is 0 Å². The predicted octanol–water partition coefficient (Wildman–Crippen LogP) is -0.613. The summed E-state index contributed by atoms with van der Waals surface area (Å²) in [5.74, 6) is -1.03. The number of thiocarbonyl (C=S) groups is 1. The number of aliphatic carboxylic acids is 1. The number of ether oxygens (including phenoxy) is 1. The van der Waals surface area contributed by atoms with Crippen LogP contribution < -0.4 is 5.32 Å². The average Bonchev–Trinajstić information content (AvgIpc) is 1.88. The third-order valence-corrected chi connectivity index (χ3v) is 1.51. The van der Waals surface area contributed by atoms with Gasteiger partial charge in [-0.3, -0.25) is 0 Å². The van der Waals surface area contributed by atoms with E-state index < -0.39 is 12.1 Å². The van der Waals surface area contributed by atoms with Crippen molar-refractivity contribution in [2.75, 3.05) is 13.2 Å². The molecule has 1 atom stereocenters. The number of nitrogens with one attached hydrogen (secondary N) is 1. The summed E-state index contributed by atoms with van der Waals surface area (Å²) in [6.45, 7) is 1.000. The average molecular weight is 161 g/mol. The zero-order valence-corrected chi connectivity index (χ0v) is 5.98. The van der Waals surface area contributed by atoms with Crippen molar-refractivity contribution in [3.63, 3.8) is 0 Å². The molecule has 0 bridgehead atoms. The highest BCUT2D eigenvalue weighted by atomic mass is 32.1. The fourth-order valence-corrected chi connectivity index (χ4v) is 0.974. The lowest BCUT2D eigenvalue weighted by Crippen LogP contribution is -2.47. The topological polar surface area (TPSA) is 58.6 Å². The van der Waals surface area contributed by atoms with Crippen molar-refractivity contribution in [1.82, 2.24) is 5.32 Å². The summed E-state index contributed by atoms with van der Waals surface area (Å²) >= 11 is 4.69. The second-order valence-corrected chi connectivity index (χ2v) is 2.32. The molecule has 0 unspecified atom stereocenters. The maximum absolute atomic E-state index is 10.3. The summed E-state index contributed by atoms with van der Waals surface area (Å²) < 4.78 is 4.85. The van der Waals surface area contributed by atoms with E-state index in [9.17, 15) is 4.79 Å². The number of hydrogen-bond donors (Lipinski definition) is 2. The van der Waals surface area contributed by atoms with Crippen molar-refractivity contribution in [2.45, 2.75) is 6.10 Å². The number of carboxylic acids is 1. The molecule has 0 aromatic heterocycles. The summed E-state index contributed by atoms with van der Waals surface area (Å²) in [6.07, 6.45) is -0.941. The van der Waals surface area contributed by atoms with Crippen LogP contribution in [-0.4, -0.2) is 35.3 Å². The predicted molar refractivity (Wildman–Crippen MR) is 38.0 cm³/mol. The first-order chi connectivity index (χ1) is 4.72. The Bertz CT molecular complexity index is 170. The molecule has 1 saturated heterocycles. The second kappa shape index (κ2) is 2.94. The Balaban J connectivity index is 2.56. The number of carbonyl (C=O) groups is 1. The molecule has 0 spiro atoms. The monoisotopic (exact) mass is 161 g/mol. The molecule has 0 saturated carbocycles. The number of carboxylic acid groups (broad SMARTS) is 1. The fourth-order valence-electron chi connectivity index (χ4n) is 0.703. The van der Waals surface area contributed by atoms with Crippen LogP contribution in [0.15, 0.2) is 0 Å². The molecule has 0 aromatic rings. The molecule has 1 fully saturated rings. The van der Waals surface area contributed by atoms with Crippen LogP contribution in [0, 0.1) is 0 Å². The first-order valence-corrected chi connectivity index (χ1v) is 3.25. The molecule has 0 radical (unpaired) electrons. The standard InChI is InChI=1S/C5H7NO3S/c7-5(8)3-4(10)6-1-2-9-3/h3H,1-2H2,(H,6,10)(H,7,8)/t3-/m1/s1. The van der Waals surface area contributed by atoms with Gasteiger partial charge in [-0.05, 0) is 0 Å². The summed E-state index contributed by atoms with van der Waals surface area (Å²) in [5.41, 5.74) is 0. The Morgan fingerprint density at radius 1 is 1.90 bits per heavy atom. The molecule has 10 heavy (non-hydrogen) atoms. The number of morpholine rings is 1. The molecule has 0 aromatic carbocycles. The molecule has 1 heterocycles. The van der Waals surface area contributed by atoms with Gasteiger partial charge >= 0.3 is 5.97 Å². The zero-order chi connectivity index (χ0) is 7.56. The minimum absolute atomic E-state index is 0.263. The normalized spacial score (nSPS) is 25.6. The first kappa shape index (κ1) is 7.43. The van der Waals surface area contributed by atoms with Crippen molar-refractivity contribution in [2.24, 2.45) is 0 Å². The molecule has 1 aliphatic rings. The van der Waals surface area contributed by atoms with E-state index in [0.717, 1.165) is 0 Å². The minimum atomic E-state index is -1.03. The van der Waals surface area contributed by atoms with Crippen LogP contribution in [0.2, 0.25) is 0 Å². The van der Waals surface area contributed by atoms with E-state index in [2.05, 4.69) is 17.5 Å². The zero-order valence-electron chi connectivity index (χ0n) is 5.16. The van der Waals surface area contributed by atoms with Crippen LogP contribution in [0.1, 0.15) is 0 Å². The van der Waals surface area contributed by atoms with Crippen LogP contribution in [0.25, 0.3) is 0 Å². The van der Waals surface area contributed by atoms with E-state index in [1.807, 2.05) is 0 Å². The van der Waals surface area contributed by atoms with Crippen LogP contribution in [0.3, 0.4) is 0 Å². The lowest BCUT2D eigenvalue weighted by Gasteiger charge is -2.21. The Kier molecular flexibility index (Phi) is 2.18. The quantitative estimate of drug-likeness (QED) is 0.502. The Hall–Kier alpha value is -0.680. The third-order valence-electron chi connectivity index (χ3n) is 1.15. The summed E-state index contributed by atoms with van der Waals surface area (Å²) in [6, 6.07) is 0. The van der Waals surface area contributed by atoms with Gasteiger partial charge in [-0.1, -0.05) is 12.2 Å². The highest BCUT2D eigenvalue weighted by molar-refractivity contribution is 7.80. The van der Waals surface area contributed by atoms with Gasteiger partial charge in [0.25, 0.3) is 0 Å². The van der Waals surface area contributed by atoms with Crippen molar-refractivity contribution in [1.29, 1.82) is 0 Å². The highest BCUT2D eigenvalue weighted by Gasteiger charge is 2.25. The van der Waals surface area contributed by atoms with Crippen LogP contribution in [0.5, 0.6) is 0 Å². The van der Waals surface area contributed by atoms with Gasteiger partial charge in [0.2, 0.25) is 6.10 Å². The van der Waals surface area contributed by atoms with Gasteiger partial charge in [0.15, 0.2) is 0 Å². The second-order valence-electron chi connectivity index (χ2n) is 1.88. The maximum atomic E-state index is 10.3. The first-order valence-electron chi connectivity index (χ1n) is 2.84. The Morgan fingerprint density at radius 3 is 3.00 bits per heavy atom. The summed E-state index contributed by atoms with van der Waals surface area (Å²) in [7, 11) is 0. The largest absolute Gasteiger partial charge is 0.479 e. The summed E-state index contributed by atoms with van der Waals surface area (Å²) in [4.78, 5) is 10.6. The van der Waals surface area contributed by atoms with Crippen molar-refractivity contribution >= 4 is 23.2 Å². The van der Waals surface area contributed by atoms with Gasteiger partial charge in [0.1, 0.15) is 4.99 Å². The van der Waals surface area contributed by atoms with Crippen LogP contribution >= 0.6 is 12.2 Å². The van der Waals surface area contributed by atoms with E-state index in [0.29, 0.717) is 13.2 Å². The van der Waals surface area contributed by atoms with E-state index in [1.54, 1.807) is 0 Å². The highest BCUT2D eigenvalue weighted by Crippen LogP contribution is 1.98. The lowest BCUT2D eigenvalue weighted by molar-refractivity contribution is -0.146. The molecule has 1 rings (SSSR count). The Labute approximate surface area is 63.2 Å². The van der Waals surface area contributed by atoms with E-state index >= 15 is 0 Å². The van der Waals surface area contributed by atoms with Gasteiger partial charge in [0.05, 0.1) is 6.61 Å².